The molecule has 3 atom stereocenters. The van der Waals surface area contributed by atoms with Gasteiger partial charge in [0.05, 0.1) is 6.17 Å². The monoisotopic (exact) mass is 152 g/mol. The van der Waals surface area contributed by atoms with Crippen LogP contribution in [0.5, 0.6) is 0 Å². The van der Waals surface area contributed by atoms with Crippen molar-refractivity contribution >= 4 is 0 Å². The van der Waals surface area contributed by atoms with Crippen molar-refractivity contribution in [3.63, 3.8) is 0 Å². The van der Waals surface area contributed by atoms with Gasteiger partial charge in [0.15, 0.2) is 0 Å². The topological polar surface area (TPSA) is 37.9 Å². The van der Waals surface area contributed by atoms with Crippen molar-refractivity contribution in [2.45, 2.75) is 37.9 Å². The third kappa shape index (κ3) is 0.984. The highest BCUT2D eigenvalue weighted by atomic mass is 15.3. The molecule has 1 saturated carbocycles. The first-order valence-electron chi connectivity index (χ1n) is 4.39. The lowest BCUT2D eigenvalue weighted by Gasteiger charge is -2.23. The number of likely N-dealkylation sites (tertiary alicyclic amines) is 1. The molecule has 0 N–H and O–H groups in total. The first-order chi connectivity index (χ1) is 5.33. The maximum absolute atomic E-state index is 8.67. The Balaban J connectivity index is 2.09. The molecule has 0 spiro atoms. The summed E-state index contributed by atoms with van der Waals surface area (Å²) in [4.78, 5) is 2.22. The number of hydrogen-bond donors (Lipinski definition) is 0. The second kappa shape index (κ2) is 2.55. The van der Waals surface area contributed by atoms with Crippen LogP contribution in [0.1, 0.15) is 25.7 Å². The van der Waals surface area contributed by atoms with E-state index in [-0.39, 0.29) is 6.17 Å². The highest BCUT2D eigenvalue weighted by molar-refractivity contribution is 4.94. The van der Waals surface area contributed by atoms with E-state index in [0.717, 1.165) is 12.3 Å². The minimum Gasteiger partial charge on any atom is -0.711 e. The van der Waals surface area contributed by atoms with Gasteiger partial charge < -0.3 is 10.6 Å². The Hall–Kier alpha value is -0.440. The van der Waals surface area contributed by atoms with Crippen LogP contribution in [0.2, 0.25) is 0 Å². The van der Waals surface area contributed by atoms with Crippen molar-refractivity contribution < 1.29 is 0 Å². The summed E-state index contributed by atoms with van der Waals surface area (Å²) in [6.07, 6.45) is 5.15. The summed E-state index contributed by atoms with van der Waals surface area (Å²) >= 11 is 0. The molecule has 3 nitrogen and oxygen atoms in total. The van der Waals surface area contributed by atoms with E-state index in [1.165, 1.54) is 19.3 Å². The van der Waals surface area contributed by atoms with E-state index in [4.69, 9.17) is 5.53 Å². The highest BCUT2D eigenvalue weighted by Gasteiger charge is 2.40. The van der Waals surface area contributed by atoms with E-state index in [2.05, 4.69) is 17.1 Å². The van der Waals surface area contributed by atoms with Gasteiger partial charge >= 0.3 is 0 Å². The molecule has 62 valence electrons. The molecule has 3 heteroatoms. The van der Waals surface area contributed by atoms with Gasteiger partial charge in [0.2, 0.25) is 0 Å². The van der Waals surface area contributed by atoms with Crippen molar-refractivity contribution in [1.29, 1.82) is 0 Å². The summed E-state index contributed by atoms with van der Waals surface area (Å²) in [6, 6.07) is 0.705. The van der Waals surface area contributed by atoms with Crippen molar-refractivity contribution in [2.24, 2.45) is 11.0 Å². The number of hydrogen-bond acceptors (Lipinski definition) is 2. The zero-order valence-electron chi connectivity index (χ0n) is 6.90. The predicted molar refractivity (Wildman–Crippen MR) is 43.1 cm³/mol. The van der Waals surface area contributed by atoms with Gasteiger partial charge in [-0.3, -0.25) is 4.90 Å². The van der Waals surface area contributed by atoms with Gasteiger partial charge in [0.1, 0.15) is 0 Å². The molecule has 0 aromatic carbocycles. The second-order valence-electron chi connectivity index (χ2n) is 3.76. The van der Waals surface area contributed by atoms with E-state index in [1.807, 2.05) is 0 Å². The first-order valence-corrected chi connectivity index (χ1v) is 4.39. The third-order valence-corrected chi connectivity index (χ3v) is 3.26. The maximum atomic E-state index is 8.67. The van der Waals surface area contributed by atoms with Gasteiger partial charge in [-0.2, -0.15) is 0 Å². The molecular formula is C8H14N3-. The average Bonchev–Trinajstić information content (AvgIpc) is 2.53. The molecule has 0 amide bonds. The van der Waals surface area contributed by atoms with Crippen LogP contribution in [-0.2, 0) is 0 Å². The van der Waals surface area contributed by atoms with Gasteiger partial charge in [-0.1, -0.05) is 6.42 Å². The fraction of sp³-hybridized carbons (Fsp3) is 1.00. The van der Waals surface area contributed by atoms with Gasteiger partial charge in [0, 0.05) is 6.04 Å². The average molecular weight is 152 g/mol. The van der Waals surface area contributed by atoms with Gasteiger partial charge in [0.25, 0.3) is 0 Å². The normalized spacial score (nSPS) is 44.3. The Morgan fingerprint density at radius 2 is 2.27 bits per heavy atom. The van der Waals surface area contributed by atoms with E-state index >= 15 is 0 Å². The molecule has 3 unspecified atom stereocenters. The smallest absolute Gasteiger partial charge is 0.0801 e. The molecule has 1 heterocycles. The van der Waals surface area contributed by atoms with Crippen LogP contribution in [-0.4, -0.2) is 24.2 Å². The molecule has 1 aliphatic heterocycles. The molecule has 0 aromatic rings. The second-order valence-corrected chi connectivity index (χ2v) is 3.76. The number of rotatable bonds is 1. The fourth-order valence-electron chi connectivity index (χ4n) is 2.62. The zero-order valence-corrected chi connectivity index (χ0v) is 6.90. The lowest BCUT2D eigenvalue weighted by atomic mass is 10.0. The van der Waals surface area contributed by atoms with Gasteiger partial charge in [-0.05, 0) is 32.2 Å². The van der Waals surface area contributed by atoms with E-state index in [9.17, 15) is 0 Å². The highest BCUT2D eigenvalue weighted by Crippen LogP contribution is 2.40. The largest absolute Gasteiger partial charge is 0.711 e. The van der Waals surface area contributed by atoms with Crippen molar-refractivity contribution in [3.05, 3.63) is 5.53 Å². The predicted octanol–water partition coefficient (Wildman–Crippen LogP) is 1.84. The summed E-state index contributed by atoms with van der Waals surface area (Å²) in [7, 11) is 2.07. The summed E-state index contributed by atoms with van der Waals surface area (Å²) in [5, 5.41) is 3.38. The Morgan fingerprint density at radius 1 is 1.45 bits per heavy atom. The van der Waals surface area contributed by atoms with Gasteiger partial charge in [-0.15, -0.1) is 0 Å². The molecule has 0 radical (unpaired) electrons. The van der Waals surface area contributed by atoms with Crippen molar-refractivity contribution in [3.8, 4) is 0 Å². The Labute approximate surface area is 67.3 Å². The molecule has 0 aromatic heterocycles. The third-order valence-electron chi connectivity index (χ3n) is 3.26. The van der Waals surface area contributed by atoms with Crippen LogP contribution in [0.3, 0.4) is 0 Å². The maximum Gasteiger partial charge on any atom is 0.0801 e. The molecular weight excluding hydrogens is 138 g/mol. The number of nitrogens with zero attached hydrogens (tertiary/aromatic N) is 3. The van der Waals surface area contributed by atoms with Gasteiger partial charge in [-0.25, -0.2) is 0 Å². The molecule has 1 saturated heterocycles. The van der Waals surface area contributed by atoms with E-state index < -0.39 is 0 Å². The minimum absolute atomic E-state index is 0.0882. The van der Waals surface area contributed by atoms with Crippen LogP contribution < -0.4 is 0 Å². The van der Waals surface area contributed by atoms with E-state index in [0.29, 0.717) is 6.04 Å². The van der Waals surface area contributed by atoms with Crippen LogP contribution in [0.25, 0.3) is 5.53 Å². The number of fused-ring (bicyclic) bond motifs is 1. The van der Waals surface area contributed by atoms with Crippen LogP contribution in [0.4, 0.5) is 0 Å². The molecule has 2 fully saturated rings. The Morgan fingerprint density at radius 3 is 2.91 bits per heavy atom. The summed E-state index contributed by atoms with van der Waals surface area (Å²) in [6.45, 7) is 0. The standard InChI is InChI=1S/C8H14N3/c1-11-7-4-2-3-6(7)5-8(11)10-9/h6-8H,2-5H2,1H3/q-1. The van der Waals surface area contributed by atoms with Crippen LogP contribution in [0.15, 0.2) is 5.11 Å². The SMILES string of the molecule is CN1C(N=[N-])CC2CCCC21. The molecule has 11 heavy (non-hydrogen) atoms. The zero-order chi connectivity index (χ0) is 7.84. The first kappa shape index (κ1) is 7.22. The lowest BCUT2D eigenvalue weighted by molar-refractivity contribution is 0.237. The van der Waals surface area contributed by atoms with Crippen LogP contribution >= 0.6 is 0 Å². The van der Waals surface area contributed by atoms with Crippen molar-refractivity contribution in [2.75, 3.05) is 7.05 Å². The molecule has 2 rings (SSSR count). The van der Waals surface area contributed by atoms with Crippen LogP contribution in [0, 0.1) is 5.92 Å². The Bertz CT molecular complexity index is 169. The molecule has 0 bridgehead atoms. The molecule has 1 aliphatic carbocycles. The summed E-state index contributed by atoms with van der Waals surface area (Å²) in [5.41, 5.74) is 8.67. The fourth-order valence-corrected chi connectivity index (χ4v) is 2.62. The Kier molecular flexibility index (Phi) is 1.68. The quantitative estimate of drug-likeness (QED) is 0.528. The summed E-state index contributed by atoms with van der Waals surface area (Å²) in [5.74, 6) is 0.806. The molecule has 2 aliphatic rings. The van der Waals surface area contributed by atoms with E-state index in [1.54, 1.807) is 0 Å². The summed E-state index contributed by atoms with van der Waals surface area (Å²) < 4.78 is 0. The minimum atomic E-state index is 0.0882. The van der Waals surface area contributed by atoms with Crippen molar-refractivity contribution in [1.82, 2.24) is 4.90 Å². The lowest BCUT2D eigenvalue weighted by Crippen LogP contribution is -2.30.